The predicted octanol–water partition coefficient (Wildman–Crippen LogP) is -0.252. The van der Waals surface area contributed by atoms with E-state index in [1.165, 1.54) is 12.3 Å². The second kappa shape index (κ2) is 5.65. The highest BCUT2D eigenvalue weighted by atomic mass is 32.2. The second-order valence-corrected chi connectivity index (χ2v) is 4.84. The van der Waals surface area contributed by atoms with Crippen LogP contribution in [0.15, 0.2) is 25.0 Å². The van der Waals surface area contributed by atoms with Gasteiger partial charge in [0.05, 0.1) is 6.54 Å². The molecule has 1 aromatic heterocycles. The number of ether oxygens (including phenoxy) is 1. The summed E-state index contributed by atoms with van der Waals surface area (Å²) in [7, 11) is -2.55. The summed E-state index contributed by atoms with van der Waals surface area (Å²) >= 11 is 0. The molecule has 0 saturated heterocycles. The van der Waals surface area contributed by atoms with Gasteiger partial charge < -0.3 is 9.30 Å². The Hall–Kier alpha value is -1.87. The van der Waals surface area contributed by atoms with Crippen LogP contribution in [-0.4, -0.2) is 35.0 Å². The van der Waals surface area contributed by atoms with Crippen molar-refractivity contribution in [2.75, 3.05) is 6.61 Å². The number of imidazole rings is 1. The number of rotatable bonds is 5. The first-order valence-electron chi connectivity index (χ1n) is 4.90. The fourth-order valence-electron chi connectivity index (χ4n) is 1.14. The number of nitrogens with zero attached hydrogens (tertiary/aromatic N) is 3. The Balaban J connectivity index is 2.90. The fraction of sp³-hybridized carbons (Fsp3) is 0.333. The van der Waals surface area contributed by atoms with Gasteiger partial charge in [-0.15, -0.1) is 0 Å². The number of hydrogen-bond donors (Lipinski definition) is 1. The Bertz CT molecular complexity index is 537. The smallest absolute Gasteiger partial charge is 0.425 e. The van der Waals surface area contributed by atoms with E-state index in [0.717, 1.165) is 0 Å². The molecule has 100 valence electrons. The average Bonchev–Trinajstić information content (AvgIpc) is 2.67. The van der Waals surface area contributed by atoms with Gasteiger partial charge in [-0.1, -0.05) is 12.7 Å². The highest BCUT2D eigenvalue weighted by Crippen LogP contribution is 2.07. The lowest BCUT2D eigenvalue weighted by Crippen LogP contribution is -2.41. The Morgan fingerprint density at radius 1 is 1.72 bits per heavy atom. The van der Waals surface area contributed by atoms with Crippen molar-refractivity contribution in [1.29, 1.82) is 0 Å². The van der Waals surface area contributed by atoms with Gasteiger partial charge in [-0.05, 0) is 0 Å². The number of carbonyl (C=O) groups excluding carboxylic acids is 1. The van der Waals surface area contributed by atoms with Crippen LogP contribution < -0.4 is 5.14 Å². The number of carbonyl (C=O) groups is 1. The van der Waals surface area contributed by atoms with Crippen molar-refractivity contribution >= 4 is 16.3 Å². The van der Waals surface area contributed by atoms with Crippen LogP contribution >= 0.6 is 0 Å². The molecule has 0 aromatic carbocycles. The van der Waals surface area contributed by atoms with Crippen LogP contribution in [0.25, 0.3) is 0 Å². The molecular weight excluding hydrogens is 260 g/mol. The van der Waals surface area contributed by atoms with Gasteiger partial charge in [-0.2, -0.15) is 12.7 Å². The molecule has 9 heteroatoms. The van der Waals surface area contributed by atoms with E-state index >= 15 is 0 Å². The van der Waals surface area contributed by atoms with E-state index in [-0.39, 0.29) is 13.2 Å². The van der Waals surface area contributed by atoms with Crippen molar-refractivity contribution in [1.82, 2.24) is 13.9 Å². The van der Waals surface area contributed by atoms with E-state index in [0.29, 0.717) is 10.1 Å². The molecule has 0 aliphatic rings. The molecule has 0 aliphatic carbocycles. The fourth-order valence-corrected chi connectivity index (χ4v) is 1.69. The monoisotopic (exact) mass is 274 g/mol. The highest BCUT2D eigenvalue weighted by Gasteiger charge is 2.26. The molecule has 0 atom stereocenters. The van der Waals surface area contributed by atoms with E-state index in [1.54, 1.807) is 17.8 Å². The van der Waals surface area contributed by atoms with Crippen LogP contribution in [0.4, 0.5) is 4.79 Å². The molecule has 0 unspecified atom stereocenters. The summed E-state index contributed by atoms with van der Waals surface area (Å²) in [5.41, 5.74) is 0. The molecule has 18 heavy (non-hydrogen) atoms. The number of amides is 1. The maximum Gasteiger partial charge on any atom is 0.425 e. The molecule has 1 rings (SSSR count). The summed E-state index contributed by atoms with van der Waals surface area (Å²) < 4.78 is 29.2. The van der Waals surface area contributed by atoms with Gasteiger partial charge in [0.15, 0.2) is 0 Å². The molecule has 0 spiro atoms. The minimum Gasteiger partial charge on any atom is -0.444 e. The zero-order valence-electron chi connectivity index (χ0n) is 9.81. The molecule has 8 nitrogen and oxygen atoms in total. The van der Waals surface area contributed by atoms with Crippen LogP contribution in [0.1, 0.15) is 5.82 Å². The van der Waals surface area contributed by atoms with Crippen molar-refractivity contribution in [3.63, 3.8) is 0 Å². The maximum atomic E-state index is 11.5. The van der Waals surface area contributed by atoms with Gasteiger partial charge >= 0.3 is 16.3 Å². The van der Waals surface area contributed by atoms with Crippen LogP contribution in [0, 0.1) is 0 Å². The molecule has 0 aliphatic heterocycles. The van der Waals surface area contributed by atoms with Gasteiger partial charge in [-0.3, -0.25) is 0 Å². The normalized spacial score (nSPS) is 11.0. The van der Waals surface area contributed by atoms with Gasteiger partial charge in [0.25, 0.3) is 0 Å². The van der Waals surface area contributed by atoms with Gasteiger partial charge in [0, 0.05) is 19.4 Å². The molecule has 1 heterocycles. The summed E-state index contributed by atoms with van der Waals surface area (Å²) in [4.78, 5) is 15.5. The summed E-state index contributed by atoms with van der Waals surface area (Å²) in [6, 6.07) is 0. The zero-order chi connectivity index (χ0) is 13.8. The van der Waals surface area contributed by atoms with Crippen molar-refractivity contribution in [2.24, 2.45) is 12.2 Å². The number of nitrogens with two attached hydrogens (primary N) is 1. The molecule has 0 radical (unpaired) electrons. The lowest BCUT2D eigenvalue weighted by atomic mass is 10.6. The van der Waals surface area contributed by atoms with Gasteiger partial charge in [0.1, 0.15) is 12.4 Å². The quantitative estimate of drug-likeness (QED) is 0.745. The number of aryl methyl sites for hydroxylation is 1. The first-order valence-corrected chi connectivity index (χ1v) is 6.41. The SMILES string of the molecule is C=CCOC(=O)N(Cc1nccn1C)S(N)(=O)=O. The van der Waals surface area contributed by atoms with E-state index in [4.69, 9.17) is 5.14 Å². The third-order valence-electron chi connectivity index (χ3n) is 2.04. The Labute approximate surface area is 105 Å². The molecule has 1 aromatic rings. The van der Waals surface area contributed by atoms with Crippen molar-refractivity contribution in [3.05, 3.63) is 30.9 Å². The summed E-state index contributed by atoms with van der Waals surface area (Å²) in [5.74, 6) is 0.361. The minimum atomic E-state index is -4.22. The average molecular weight is 274 g/mol. The summed E-state index contributed by atoms with van der Waals surface area (Å²) in [5, 5.41) is 4.95. The summed E-state index contributed by atoms with van der Waals surface area (Å²) in [6.45, 7) is 2.95. The molecule has 2 N–H and O–H groups in total. The Kier molecular flexibility index (Phi) is 4.45. The Morgan fingerprint density at radius 2 is 2.39 bits per heavy atom. The van der Waals surface area contributed by atoms with Crippen molar-refractivity contribution < 1.29 is 17.9 Å². The van der Waals surface area contributed by atoms with Crippen LogP contribution in [0.3, 0.4) is 0 Å². The van der Waals surface area contributed by atoms with Gasteiger partial charge in [-0.25, -0.2) is 14.9 Å². The topological polar surface area (TPSA) is 108 Å². The van der Waals surface area contributed by atoms with Crippen LogP contribution in [-0.2, 0) is 28.5 Å². The second-order valence-electron chi connectivity index (χ2n) is 3.37. The van der Waals surface area contributed by atoms with E-state index in [2.05, 4.69) is 16.3 Å². The van der Waals surface area contributed by atoms with E-state index < -0.39 is 16.3 Å². The van der Waals surface area contributed by atoms with Gasteiger partial charge in [0.2, 0.25) is 0 Å². The van der Waals surface area contributed by atoms with Crippen molar-refractivity contribution in [2.45, 2.75) is 6.54 Å². The predicted molar refractivity (Wildman–Crippen MR) is 63.4 cm³/mol. The van der Waals surface area contributed by atoms with Crippen LogP contribution in [0.2, 0.25) is 0 Å². The number of aromatic nitrogens is 2. The van der Waals surface area contributed by atoms with E-state index in [1.807, 2.05) is 0 Å². The standard InChI is InChI=1S/C9H14N4O4S/c1-3-6-17-9(14)13(18(10,15)16)7-8-11-4-5-12(8)2/h3-5H,1,6-7H2,2H3,(H2,10,15,16). The third kappa shape index (κ3) is 3.57. The lowest BCUT2D eigenvalue weighted by Gasteiger charge is -2.18. The minimum absolute atomic E-state index is 0.106. The molecule has 0 bridgehead atoms. The largest absolute Gasteiger partial charge is 0.444 e. The van der Waals surface area contributed by atoms with E-state index in [9.17, 15) is 13.2 Å². The first-order chi connectivity index (χ1) is 8.36. The highest BCUT2D eigenvalue weighted by molar-refractivity contribution is 7.87. The lowest BCUT2D eigenvalue weighted by molar-refractivity contribution is 0.134. The summed E-state index contributed by atoms with van der Waals surface area (Å²) in [6.07, 6.45) is 3.35. The number of hydrogen-bond acceptors (Lipinski definition) is 5. The zero-order valence-corrected chi connectivity index (χ0v) is 10.6. The maximum absolute atomic E-state index is 11.5. The molecule has 0 saturated carbocycles. The molecule has 1 amide bonds. The van der Waals surface area contributed by atoms with Crippen LogP contribution in [0.5, 0.6) is 0 Å². The first kappa shape index (κ1) is 14.2. The molecule has 0 fully saturated rings. The third-order valence-corrected chi connectivity index (χ3v) is 2.93. The molecular formula is C9H14N4O4S. The Morgan fingerprint density at radius 3 is 2.83 bits per heavy atom. The van der Waals surface area contributed by atoms with Crippen molar-refractivity contribution in [3.8, 4) is 0 Å².